The third kappa shape index (κ3) is 2.01. The van der Waals surface area contributed by atoms with Crippen LogP contribution in [0, 0.1) is 0 Å². The second-order valence-corrected chi connectivity index (χ2v) is 5.38. The molecule has 2 aromatic carbocycles. The molecular weight excluding hydrogens is 272 g/mol. The van der Waals surface area contributed by atoms with Crippen LogP contribution in [0.4, 0.5) is 0 Å². The van der Waals surface area contributed by atoms with Crippen molar-refractivity contribution in [2.75, 3.05) is 0 Å². The molecule has 1 aromatic heterocycles. The number of carbonyl (C=O) groups is 1. The molecule has 22 heavy (non-hydrogen) atoms. The Balaban J connectivity index is 1.92. The van der Waals surface area contributed by atoms with E-state index >= 15 is 0 Å². The maximum absolute atomic E-state index is 12.8. The van der Waals surface area contributed by atoms with E-state index in [-0.39, 0.29) is 11.7 Å². The Morgan fingerprint density at radius 3 is 2.41 bits per heavy atom. The van der Waals surface area contributed by atoms with Gasteiger partial charge in [-0.15, -0.1) is 0 Å². The Bertz CT molecular complexity index is 842. The fourth-order valence-corrected chi connectivity index (χ4v) is 3.09. The Hall–Kier alpha value is -2.87. The summed E-state index contributed by atoms with van der Waals surface area (Å²) in [6.07, 6.45) is 3.48. The summed E-state index contributed by atoms with van der Waals surface area (Å²) >= 11 is 0. The number of carbonyl (C=O) groups excluding carboxylic acids is 1. The fourth-order valence-electron chi connectivity index (χ4n) is 3.09. The molecule has 0 radical (unpaired) electrons. The first-order valence-corrected chi connectivity index (χ1v) is 7.28. The first-order chi connectivity index (χ1) is 10.8. The van der Waals surface area contributed by atoms with Crippen LogP contribution in [0.1, 0.15) is 33.2 Å². The number of furan rings is 1. The summed E-state index contributed by atoms with van der Waals surface area (Å²) in [6, 6.07) is 21.7. The van der Waals surface area contributed by atoms with Crippen LogP contribution < -0.4 is 0 Å². The lowest BCUT2D eigenvalue weighted by atomic mass is 9.89. The van der Waals surface area contributed by atoms with E-state index in [4.69, 9.17) is 4.42 Å². The molecule has 0 saturated heterocycles. The Morgan fingerprint density at radius 2 is 1.64 bits per heavy atom. The number of Topliss-reactive ketones (excluding diaryl/α,β-unsaturated/α-hetero) is 1. The van der Waals surface area contributed by atoms with Crippen molar-refractivity contribution in [2.45, 2.75) is 5.92 Å². The molecule has 1 aliphatic rings. The normalized spacial score (nSPS) is 18.6. The average molecular weight is 286 g/mol. The van der Waals surface area contributed by atoms with E-state index in [1.54, 1.807) is 6.26 Å². The molecule has 3 aromatic rings. The lowest BCUT2D eigenvalue weighted by Gasteiger charge is -2.13. The van der Waals surface area contributed by atoms with Crippen LogP contribution in [0.5, 0.6) is 0 Å². The van der Waals surface area contributed by atoms with Crippen LogP contribution in [0.25, 0.3) is 6.08 Å². The highest BCUT2D eigenvalue weighted by atomic mass is 16.3. The summed E-state index contributed by atoms with van der Waals surface area (Å²) in [5, 5.41) is 0. The van der Waals surface area contributed by atoms with Gasteiger partial charge in [0.1, 0.15) is 5.76 Å². The molecular formula is C20H14O2. The summed E-state index contributed by atoms with van der Waals surface area (Å²) < 4.78 is 5.40. The Kier molecular flexibility index (Phi) is 3.01. The monoisotopic (exact) mass is 286 g/mol. The van der Waals surface area contributed by atoms with Gasteiger partial charge in [-0.2, -0.15) is 0 Å². The molecule has 1 atom stereocenters. The van der Waals surface area contributed by atoms with Gasteiger partial charge in [-0.1, -0.05) is 54.6 Å². The molecule has 0 amide bonds. The zero-order valence-electron chi connectivity index (χ0n) is 11.9. The third-order valence-corrected chi connectivity index (χ3v) is 4.06. The quantitative estimate of drug-likeness (QED) is 0.640. The third-order valence-electron chi connectivity index (χ3n) is 4.06. The number of hydrogen-bond donors (Lipinski definition) is 0. The van der Waals surface area contributed by atoms with Crippen molar-refractivity contribution >= 4 is 11.9 Å². The molecule has 4 rings (SSSR count). The first-order valence-electron chi connectivity index (χ1n) is 7.28. The topological polar surface area (TPSA) is 30.2 Å². The van der Waals surface area contributed by atoms with Gasteiger partial charge in [-0.05, 0) is 29.3 Å². The molecule has 1 aliphatic carbocycles. The highest BCUT2D eigenvalue weighted by molar-refractivity contribution is 6.17. The van der Waals surface area contributed by atoms with Crippen LogP contribution in [0.15, 0.2) is 83.0 Å². The van der Waals surface area contributed by atoms with E-state index in [2.05, 4.69) is 12.1 Å². The summed E-state index contributed by atoms with van der Waals surface area (Å²) in [7, 11) is 0. The van der Waals surface area contributed by atoms with E-state index in [9.17, 15) is 4.79 Å². The molecule has 0 spiro atoms. The Morgan fingerprint density at radius 1 is 0.864 bits per heavy atom. The van der Waals surface area contributed by atoms with Gasteiger partial charge in [0.2, 0.25) is 0 Å². The summed E-state index contributed by atoms with van der Waals surface area (Å²) in [4.78, 5) is 12.8. The molecule has 2 heteroatoms. The smallest absolute Gasteiger partial charge is 0.190 e. The van der Waals surface area contributed by atoms with Crippen molar-refractivity contribution in [3.63, 3.8) is 0 Å². The molecule has 0 aliphatic heterocycles. The number of fused-ring (bicyclic) bond motifs is 1. The zero-order valence-corrected chi connectivity index (χ0v) is 11.9. The van der Waals surface area contributed by atoms with Crippen molar-refractivity contribution in [3.8, 4) is 0 Å². The van der Waals surface area contributed by atoms with E-state index in [1.165, 1.54) is 0 Å². The molecule has 0 fully saturated rings. The largest absolute Gasteiger partial charge is 0.465 e. The highest BCUT2D eigenvalue weighted by Gasteiger charge is 2.35. The van der Waals surface area contributed by atoms with Crippen LogP contribution >= 0.6 is 0 Å². The number of rotatable bonds is 2. The number of hydrogen-bond acceptors (Lipinski definition) is 2. The van der Waals surface area contributed by atoms with Gasteiger partial charge in [0.25, 0.3) is 0 Å². The van der Waals surface area contributed by atoms with E-state index < -0.39 is 0 Å². The molecule has 0 bridgehead atoms. The predicted octanol–water partition coefficient (Wildman–Crippen LogP) is 4.69. The van der Waals surface area contributed by atoms with Crippen molar-refractivity contribution in [1.82, 2.24) is 0 Å². The maximum Gasteiger partial charge on any atom is 0.190 e. The van der Waals surface area contributed by atoms with Gasteiger partial charge < -0.3 is 4.42 Å². The lowest BCUT2D eigenvalue weighted by Crippen LogP contribution is -2.02. The highest BCUT2D eigenvalue weighted by Crippen LogP contribution is 2.42. The molecule has 0 N–H and O–H groups in total. The minimum Gasteiger partial charge on any atom is -0.465 e. The summed E-state index contributed by atoms with van der Waals surface area (Å²) in [5.41, 5.74) is 3.74. The number of benzene rings is 2. The van der Waals surface area contributed by atoms with Gasteiger partial charge in [-0.25, -0.2) is 0 Å². The van der Waals surface area contributed by atoms with Crippen LogP contribution in [-0.4, -0.2) is 5.78 Å². The van der Waals surface area contributed by atoms with Crippen molar-refractivity contribution in [1.29, 1.82) is 0 Å². The van der Waals surface area contributed by atoms with Crippen LogP contribution in [0.3, 0.4) is 0 Å². The van der Waals surface area contributed by atoms with E-state index in [1.807, 2.05) is 60.7 Å². The molecule has 1 heterocycles. The minimum absolute atomic E-state index is 0.0324. The maximum atomic E-state index is 12.8. The first kappa shape index (κ1) is 12.8. The van der Waals surface area contributed by atoms with Gasteiger partial charge >= 0.3 is 0 Å². The summed E-state index contributed by atoms with van der Waals surface area (Å²) in [5.74, 6) is 0.757. The standard InChI is InChI=1S/C20H14O2/c21-20-17-11-5-4-10-16(17)19(14-7-2-1-3-8-14)18(20)13-15-9-6-12-22-15/h1-13,19H/b18-13-/t19-/m0/s1. The Labute approximate surface area is 128 Å². The van der Waals surface area contributed by atoms with Crippen LogP contribution in [-0.2, 0) is 0 Å². The SMILES string of the molecule is O=C1/C(=C\c2ccco2)[C@@H](c2ccccc2)c2ccccc21. The van der Waals surface area contributed by atoms with Crippen molar-refractivity contribution in [3.05, 3.63) is 101 Å². The molecule has 0 saturated carbocycles. The second kappa shape index (κ2) is 5.15. The average Bonchev–Trinajstić information content (AvgIpc) is 3.17. The van der Waals surface area contributed by atoms with E-state index in [0.29, 0.717) is 5.76 Å². The van der Waals surface area contributed by atoms with Gasteiger partial charge in [-0.3, -0.25) is 4.79 Å². The number of ketones is 1. The zero-order chi connectivity index (χ0) is 14.9. The minimum atomic E-state index is -0.0324. The molecule has 106 valence electrons. The number of allylic oxidation sites excluding steroid dienone is 1. The van der Waals surface area contributed by atoms with Crippen LogP contribution in [0.2, 0.25) is 0 Å². The molecule has 2 nitrogen and oxygen atoms in total. The summed E-state index contributed by atoms with van der Waals surface area (Å²) in [6.45, 7) is 0. The second-order valence-electron chi connectivity index (χ2n) is 5.38. The lowest BCUT2D eigenvalue weighted by molar-refractivity contribution is 0.103. The van der Waals surface area contributed by atoms with Crippen molar-refractivity contribution < 1.29 is 9.21 Å². The predicted molar refractivity (Wildman–Crippen MR) is 85.7 cm³/mol. The van der Waals surface area contributed by atoms with Gasteiger partial charge in [0.05, 0.1) is 6.26 Å². The van der Waals surface area contributed by atoms with Gasteiger partial charge in [0, 0.05) is 17.1 Å². The van der Waals surface area contributed by atoms with Crippen molar-refractivity contribution in [2.24, 2.45) is 0 Å². The van der Waals surface area contributed by atoms with Gasteiger partial charge in [0.15, 0.2) is 5.78 Å². The molecule has 0 unspecified atom stereocenters. The fraction of sp³-hybridized carbons (Fsp3) is 0.0500. The van der Waals surface area contributed by atoms with E-state index in [0.717, 1.165) is 22.3 Å².